The minimum absolute atomic E-state index is 0. The minimum atomic E-state index is -0.949. The zero-order valence-corrected chi connectivity index (χ0v) is 30.6. The Morgan fingerprint density at radius 3 is 2.40 bits per heavy atom. The summed E-state index contributed by atoms with van der Waals surface area (Å²) in [4.78, 5) is 55.2. The van der Waals surface area contributed by atoms with Crippen LogP contribution in [0.3, 0.4) is 0 Å². The Labute approximate surface area is 320 Å². The molecule has 1 atom stereocenters. The molecule has 0 fully saturated rings. The number of carbonyl (C=O) groups is 1. The molecule has 3 aromatic carbocycles. The molecule has 1 unspecified atom stereocenters. The number of hydrogen-bond donors (Lipinski definition) is 1. The van der Waals surface area contributed by atoms with Gasteiger partial charge in [-0.05, 0) is 47.4 Å². The summed E-state index contributed by atoms with van der Waals surface area (Å²) in [7, 11) is 1.53. The van der Waals surface area contributed by atoms with Crippen molar-refractivity contribution in [3.05, 3.63) is 126 Å². The summed E-state index contributed by atoms with van der Waals surface area (Å²) in [6.45, 7) is 2.78. The molecule has 3 heterocycles. The molecule has 48 heavy (non-hydrogen) atoms. The van der Waals surface area contributed by atoms with E-state index in [1.807, 2.05) is 6.92 Å². The number of hydrogen-bond acceptors (Lipinski definition) is 9. The predicted molar refractivity (Wildman–Crippen MR) is 175 cm³/mol. The number of aromatic nitrogens is 4. The zero-order chi connectivity index (χ0) is 33.2. The molecule has 6 rings (SSSR count). The van der Waals surface area contributed by atoms with Crippen LogP contribution in [0, 0.1) is 5.82 Å². The van der Waals surface area contributed by atoms with Crippen LogP contribution in [0.15, 0.2) is 91.7 Å². The third kappa shape index (κ3) is 7.23. The standard InChI is InChI=1S/C34H29FN4O7S.K.H/c1-4-24-16-27-31(41)38(18-29(45-19(2)40)20-11-13-23(44-3)14-12-20)34(43)39(32(27)47-24)17-22-10-9-21(15-28(22)35)25-7-5-6-8-26(25)30-36-33(42)46-37-30;;/h5-16,29H,4,17-18H2,1-3H3,(H,36,37,42);;/q;+1;-1. The van der Waals surface area contributed by atoms with E-state index in [9.17, 15) is 19.2 Å². The molecule has 6 aromatic rings. The molecule has 242 valence electrons. The van der Waals surface area contributed by atoms with Gasteiger partial charge in [-0.15, -0.1) is 11.3 Å². The number of nitrogens with zero attached hydrogens (tertiary/aromatic N) is 3. The van der Waals surface area contributed by atoms with E-state index >= 15 is 4.39 Å². The van der Waals surface area contributed by atoms with Crippen molar-refractivity contribution in [2.75, 3.05) is 7.11 Å². The fourth-order valence-corrected chi connectivity index (χ4v) is 6.50. The van der Waals surface area contributed by atoms with Gasteiger partial charge in [0.15, 0.2) is 5.82 Å². The molecule has 11 nitrogen and oxygen atoms in total. The second kappa shape index (κ2) is 15.1. The van der Waals surface area contributed by atoms with E-state index in [0.29, 0.717) is 44.6 Å². The smallest absolute Gasteiger partial charge is 1.00 e. The Morgan fingerprint density at radius 2 is 1.77 bits per heavy atom. The van der Waals surface area contributed by atoms with Crippen LogP contribution in [0.4, 0.5) is 4.39 Å². The Morgan fingerprint density at radius 1 is 1.04 bits per heavy atom. The molecular formula is C34H30FKN4O7S. The first kappa shape index (κ1) is 35.4. The Kier molecular flexibility index (Phi) is 11.1. The monoisotopic (exact) mass is 696 g/mol. The van der Waals surface area contributed by atoms with Gasteiger partial charge in [0.2, 0.25) is 0 Å². The van der Waals surface area contributed by atoms with Crippen LogP contribution in [0.5, 0.6) is 5.75 Å². The van der Waals surface area contributed by atoms with Crippen LogP contribution in [0.1, 0.15) is 37.4 Å². The van der Waals surface area contributed by atoms with Gasteiger partial charge in [-0.3, -0.25) is 28.2 Å². The average Bonchev–Trinajstić information content (AvgIpc) is 3.71. The maximum atomic E-state index is 15.8. The average molecular weight is 697 g/mol. The molecule has 0 saturated carbocycles. The van der Waals surface area contributed by atoms with E-state index in [2.05, 4.69) is 14.7 Å². The summed E-state index contributed by atoms with van der Waals surface area (Å²) < 4.78 is 33.7. The van der Waals surface area contributed by atoms with Crippen LogP contribution in [-0.2, 0) is 29.0 Å². The molecule has 0 amide bonds. The number of esters is 1. The molecule has 0 radical (unpaired) electrons. The Balaban J connectivity index is 0.00000270. The summed E-state index contributed by atoms with van der Waals surface area (Å²) in [5.41, 5.74) is 1.25. The number of nitrogens with one attached hydrogen (secondary N) is 1. The number of halogens is 1. The second-order valence-electron chi connectivity index (χ2n) is 10.7. The van der Waals surface area contributed by atoms with Crippen LogP contribution in [0.25, 0.3) is 32.7 Å². The van der Waals surface area contributed by atoms with E-state index in [1.54, 1.807) is 66.7 Å². The molecule has 3 aromatic heterocycles. The molecule has 0 aliphatic heterocycles. The zero-order valence-electron chi connectivity index (χ0n) is 27.6. The maximum absolute atomic E-state index is 15.8. The maximum Gasteiger partial charge on any atom is 1.00 e. The van der Waals surface area contributed by atoms with Crippen molar-refractivity contribution in [1.29, 1.82) is 0 Å². The predicted octanol–water partition coefficient (Wildman–Crippen LogP) is 2.41. The van der Waals surface area contributed by atoms with Crippen molar-refractivity contribution in [2.45, 2.75) is 39.5 Å². The van der Waals surface area contributed by atoms with E-state index in [0.717, 1.165) is 9.44 Å². The van der Waals surface area contributed by atoms with Gasteiger partial charge in [0.1, 0.15) is 22.5 Å². The van der Waals surface area contributed by atoms with Gasteiger partial charge in [0, 0.05) is 22.9 Å². The van der Waals surface area contributed by atoms with E-state index < -0.39 is 34.9 Å². The van der Waals surface area contributed by atoms with Gasteiger partial charge in [-0.1, -0.05) is 60.6 Å². The fraction of sp³-hybridized carbons (Fsp3) is 0.206. The molecule has 0 spiro atoms. The molecule has 1 N–H and O–H groups in total. The number of H-pyrrole nitrogens is 1. The number of rotatable bonds is 10. The summed E-state index contributed by atoms with van der Waals surface area (Å²) in [5, 5.41) is 4.07. The molecular weight excluding hydrogens is 667 g/mol. The van der Waals surface area contributed by atoms with Gasteiger partial charge < -0.3 is 10.9 Å². The Hall–Kier alpha value is -3.92. The van der Waals surface area contributed by atoms with Crippen molar-refractivity contribution >= 4 is 27.5 Å². The molecule has 14 heteroatoms. The fourth-order valence-electron chi connectivity index (χ4n) is 5.42. The topological polar surface area (TPSA) is 138 Å². The van der Waals surface area contributed by atoms with E-state index in [-0.39, 0.29) is 77.3 Å². The molecule has 0 bridgehead atoms. The van der Waals surface area contributed by atoms with Gasteiger partial charge in [0.05, 0.1) is 25.6 Å². The van der Waals surface area contributed by atoms with Gasteiger partial charge in [-0.2, -0.15) is 0 Å². The summed E-state index contributed by atoms with van der Waals surface area (Å²) in [5.74, 6) is -1.07. The summed E-state index contributed by atoms with van der Waals surface area (Å²) in [6.07, 6.45) is -0.316. The normalized spacial score (nSPS) is 11.7. The van der Waals surface area contributed by atoms with Crippen LogP contribution >= 0.6 is 11.3 Å². The minimum Gasteiger partial charge on any atom is -1.00 e. The third-order valence-corrected chi connectivity index (χ3v) is 9.06. The molecule has 0 saturated heterocycles. The summed E-state index contributed by atoms with van der Waals surface area (Å²) >= 11 is 1.30. The Bertz CT molecular complexity index is 2300. The van der Waals surface area contributed by atoms with Crippen LogP contribution in [0.2, 0.25) is 0 Å². The molecule has 0 aliphatic rings. The number of carbonyl (C=O) groups excluding carboxylic acids is 1. The molecule has 0 aliphatic carbocycles. The van der Waals surface area contributed by atoms with Crippen molar-refractivity contribution in [1.82, 2.24) is 19.3 Å². The van der Waals surface area contributed by atoms with Gasteiger partial charge in [0.25, 0.3) is 5.56 Å². The third-order valence-electron chi connectivity index (χ3n) is 7.75. The number of thiophene rings is 1. The summed E-state index contributed by atoms with van der Waals surface area (Å²) in [6, 6.07) is 20.2. The van der Waals surface area contributed by atoms with Crippen LogP contribution < -0.4 is 73.1 Å². The van der Waals surface area contributed by atoms with Gasteiger partial charge >= 0.3 is 68.8 Å². The van der Waals surface area contributed by atoms with Crippen molar-refractivity contribution in [2.24, 2.45) is 0 Å². The van der Waals surface area contributed by atoms with E-state index in [4.69, 9.17) is 9.47 Å². The SMILES string of the molecule is CCc1cc2c(=O)n(CC(OC(C)=O)c3ccc(OC)cc3)c(=O)n(Cc3ccc(-c4ccccc4-c4noc(=O)[nH]4)cc3F)c2s1.[H-].[K+]. The van der Waals surface area contributed by atoms with Crippen molar-refractivity contribution in [3.8, 4) is 28.3 Å². The first-order valence-corrected chi connectivity index (χ1v) is 15.5. The first-order valence-electron chi connectivity index (χ1n) is 14.7. The van der Waals surface area contributed by atoms with Crippen LogP contribution in [-0.4, -0.2) is 32.4 Å². The number of aromatic amines is 1. The number of benzene rings is 3. The number of aryl methyl sites for hydroxylation is 1. The van der Waals surface area contributed by atoms with Crippen molar-refractivity contribution < 1.29 is 76.0 Å². The van der Waals surface area contributed by atoms with Crippen molar-refractivity contribution in [3.63, 3.8) is 0 Å². The van der Waals surface area contributed by atoms with Gasteiger partial charge in [-0.25, -0.2) is 14.0 Å². The first-order chi connectivity index (χ1) is 22.7. The number of fused-ring (bicyclic) bond motifs is 1. The largest absolute Gasteiger partial charge is 1.00 e. The quantitative estimate of drug-likeness (QED) is 0.170. The van der Waals surface area contributed by atoms with E-state index in [1.165, 1.54) is 36.0 Å². The number of methoxy groups -OCH3 is 1. The number of ether oxygens (including phenoxy) is 2. The second-order valence-corrected chi connectivity index (χ2v) is 11.9.